The van der Waals surface area contributed by atoms with Crippen molar-refractivity contribution in [1.82, 2.24) is 4.98 Å². The molecule has 1 aromatic heterocycles. The SMILES string of the molecule is CC1CCC(Oc2ccc(-c3csc(N(Cc4cccc(C(=O)[O-])c4)C4CCCC4)n3)cc2)CC1. The smallest absolute Gasteiger partial charge is 0.186 e. The molecule has 2 fully saturated rings. The molecule has 35 heavy (non-hydrogen) atoms. The maximum atomic E-state index is 11.3. The van der Waals surface area contributed by atoms with E-state index in [0.717, 1.165) is 59.3 Å². The molecule has 2 saturated carbocycles. The minimum Gasteiger partial charge on any atom is -0.545 e. The first-order valence-electron chi connectivity index (χ1n) is 12.8. The number of anilines is 1. The van der Waals surface area contributed by atoms with Gasteiger partial charge in [0.05, 0.1) is 17.8 Å². The molecule has 1 heterocycles. The predicted octanol–water partition coefficient (Wildman–Crippen LogP) is 6.08. The van der Waals surface area contributed by atoms with E-state index >= 15 is 0 Å². The summed E-state index contributed by atoms with van der Waals surface area (Å²) in [6, 6.07) is 15.8. The van der Waals surface area contributed by atoms with Gasteiger partial charge in [0.25, 0.3) is 0 Å². The van der Waals surface area contributed by atoms with Gasteiger partial charge >= 0.3 is 0 Å². The van der Waals surface area contributed by atoms with Gasteiger partial charge in [0.2, 0.25) is 0 Å². The summed E-state index contributed by atoms with van der Waals surface area (Å²) < 4.78 is 6.23. The average molecular weight is 490 g/mol. The van der Waals surface area contributed by atoms with Crippen molar-refractivity contribution in [2.75, 3.05) is 4.90 Å². The fraction of sp³-hybridized carbons (Fsp3) is 0.448. The van der Waals surface area contributed by atoms with Crippen LogP contribution in [0.5, 0.6) is 5.75 Å². The third-order valence-corrected chi connectivity index (χ3v) is 8.31. The number of carbonyl (C=O) groups is 1. The molecule has 0 radical (unpaired) electrons. The van der Waals surface area contributed by atoms with Crippen molar-refractivity contribution in [3.63, 3.8) is 0 Å². The Kier molecular flexibility index (Phi) is 7.37. The molecule has 0 bridgehead atoms. The number of aromatic nitrogens is 1. The lowest BCUT2D eigenvalue weighted by Crippen LogP contribution is -2.32. The second-order valence-electron chi connectivity index (χ2n) is 10.1. The maximum absolute atomic E-state index is 11.3. The molecule has 0 amide bonds. The highest BCUT2D eigenvalue weighted by atomic mass is 32.1. The molecule has 0 N–H and O–H groups in total. The predicted molar refractivity (Wildman–Crippen MR) is 139 cm³/mol. The standard InChI is InChI=1S/C29H34N2O3S/c1-20-9-13-25(14-10-20)34-26-15-11-22(12-16-26)27-19-35-29(30-27)31(24-7-2-3-8-24)18-21-5-4-6-23(17-21)28(32)33/h4-6,11-12,15-17,19-20,24-25H,2-3,7-10,13-14,18H2,1H3,(H,32,33)/p-1. The monoisotopic (exact) mass is 489 g/mol. The van der Waals surface area contributed by atoms with Crippen molar-refractivity contribution in [2.24, 2.45) is 5.92 Å². The summed E-state index contributed by atoms with van der Waals surface area (Å²) in [6.07, 6.45) is 9.83. The molecule has 0 unspecified atom stereocenters. The molecule has 5 rings (SSSR count). The zero-order valence-electron chi connectivity index (χ0n) is 20.3. The lowest BCUT2D eigenvalue weighted by Gasteiger charge is -2.29. The quantitative estimate of drug-likeness (QED) is 0.384. The summed E-state index contributed by atoms with van der Waals surface area (Å²) in [5.74, 6) is 0.614. The Hall–Kier alpha value is -2.86. The van der Waals surface area contributed by atoms with Gasteiger partial charge in [-0.3, -0.25) is 0 Å². The lowest BCUT2D eigenvalue weighted by molar-refractivity contribution is -0.255. The van der Waals surface area contributed by atoms with Crippen molar-refractivity contribution in [3.05, 3.63) is 65.0 Å². The number of rotatable bonds is 8. The summed E-state index contributed by atoms with van der Waals surface area (Å²) >= 11 is 1.66. The van der Waals surface area contributed by atoms with Gasteiger partial charge < -0.3 is 19.5 Å². The van der Waals surface area contributed by atoms with Gasteiger partial charge in [-0.1, -0.05) is 38.0 Å². The molecule has 0 spiro atoms. The van der Waals surface area contributed by atoms with Crippen LogP contribution in [0.3, 0.4) is 0 Å². The van der Waals surface area contributed by atoms with E-state index in [1.807, 2.05) is 6.07 Å². The minimum absolute atomic E-state index is 0.221. The first kappa shape index (κ1) is 23.9. The third kappa shape index (κ3) is 5.87. The Morgan fingerprint density at radius 2 is 1.80 bits per heavy atom. The Labute approximate surface area is 211 Å². The molecule has 184 valence electrons. The van der Waals surface area contributed by atoms with Crippen LogP contribution < -0.4 is 14.7 Å². The van der Waals surface area contributed by atoms with Crippen molar-refractivity contribution in [1.29, 1.82) is 0 Å². The molecular formula is C29H33N2O3S-. The molecule has 6 heteroatoms. The highest BCUT2D eigenvalue weighted by Gasteiger charge is 2.25. The number of benzene rings is 2. The van der Waals surface area contributed by atoms with Gasteiger partial charge in [0.1, 0.15) is 5.75 Å². The Bertz CT molecular complexity index is 1130. The first-order valence-corrected chi connectivity index (χ1v) is 13.7. The van der Waals surface area contributed by atoms with Gasteiger partial charge in [0, 0.05) is 23.5 Å². The van der Waals surface area contributed by atoms with Crippen molar-refractivity contribution in [3.8, 4) is 17.0 Å². The largest absolute Gasteiger partial charge is 0.545 e. The van der Waals surface area contributed by atoms with Crippen LogP contribution in [0.25, 0.3) is 11.3 Å². The summed E-state index contributed by atoms with van der Waals surface area (Å²) in [7, 11) is 0. The highest BCUT2D eigenvalue weighted by molar-refractivity contribution is 7.14. The van der Waals surface area contributed by atoms with Crippen LogP contribution in [-0.2, 0) is 6.54 Å². The van der Waals surface area contributed by atoms with Crippen LogP contribution in [0, 0.1) is 5.92 Å². The van der Waals surface area contributed by atoms with Crippen molar-refractivity contribution >= 4 is 22.4 Å². The number of hydrogen-bond acceptors (Lipinski definition) is 6. The van der Waals surface area contributed by atoms with Crippen molar-refractivity contribution in [2.45, 2.75) is 77.0 Å². The van der Waals surface area contributed by atoms with Crippen LogP contribution in [-0.4, -0.2) is 23.1 Å². The fourth-order valence-corrected chi connectivity index (χ4v) is 6.24. The molecule has 3 aromatic rings. The zero-order chi connectivity index (χ0) is 24.2. The van der Waals surface area contributed by atoms with E-state index in [1.165, 1.54) is 25.7 Å². The molecule has 2 aliphatic carbocycles. The van der Waals surface area contributed by atoms with Gasteiger partial charge in [-0.05, 0) is 85.9 Å². The van der Waals surface area contributed by atoms with Gasteiger partial charge in [0.15, 0.2) is 5.13 Å². The number of aromatic carboxylic acids is 1. The average Bonchev–Trinajstić information content (AvgIpc) is 3.58. The summed E-state index contributed by atoms with van der Waals surface area (Å²) in [5, 5.41) is 14.4. The fourth-order valence-electron chi connectivity index (χ4n) is 5.34. The second-order valence-corrected chi connectivity index (χ2v) is 10.9. The summed E-state index contributed by atoms with van der Waals surface area (Å²) in [6.45, 7) is 2.97. The minimum atomic E-state index is -1.14. The van der Waals surface area contributed by atoms with Gasteiger partial charge in [-0.2, -0.15) is 0 Å². The van der Waals surface area contributed by atoms with Crippen LogP contribution in [0.2, 0.25) is 0 Å². The van der Waals surface area contributed by atoms with E-state index in [-0.39, 0.29) is 5.56 Å². The number of carbonyl (C=O) groups excluding carboxylic acids is 1. The summed E-state index contributed by atoms with van der Waals surface area (Å²) in [4.78, 5) is 18.7. The second kappa shape index (κ2) is 10.8. The number of ether oxygens (including phenoxy) is 1. The number of hydrogen-bond donors (Lipinski definition) is 0. The molecule has 0 saturated heterocycles. The van der Waals surface area contributed by atoms with Crippen LogP contribution in [0.1, 0.15) is 74.2 Å². The third-order valence-electron chi connectivity index (χ3n) is 7.43. The molecule has 5 nitrogen and oxygen atoms in total. The number of thiazole rings is 1. The normalized spacial score (nSPS) is 20.6. The lowest BCUT2D eigenvalue weighted by atomic mass is 9.89. The molecular weight excluding hydrogens is 456 g/mol. The van der Waals surface area contributed by atoms with Crippen LogP contribution in [0.4, 0.5) is 5.13 Å². The van der Waals surface area contributed by atoms with E-state index in [4.69, 9.17) is 9.72 Å². The Morgan fingerprint density at radius 3 is 2.51 bits per heavy atom. The zero-order valence-corrected chi connectivity index (χ0v) is 21.1. The molecule has 0 atom stereocenters. The molecule has 0 aliphatic heterocycles. The van der Waals surface area contributed by atoms with E-state index in [9.17, 15) is 9.90 Å². The maximum Gasteiger partial charge on any atom is 0.186 e. The summed E-state index contributed by atoms with van der Waals surface area (Å²) in [5.41, 5.74) is 3.24. The van der Waals surface area contributed by atoms with Crippen LogP contribution >= 0.6 is 11.3 Å². The van der Waals surface area contributed by atoms with Gasteiger partial charge in [-0.15, -0.1) is 11.3 Å². The number of carboxylic acid groups (broad SMARTS) is 1. The molecule has 2 aromatic carbocycles. The van der Waals surface area contributed by atoms with Crippen LogP contribution in [0.15, 0.2) is 53.9 Å². The topological polar surface area (TPSA) is 65.5 Å². The molecule has 2 aliphatic rings. The van der Waals surface area contributed by atoms with E-state index < -0.39 is 5.97 Å². The number of nitrogens with zero attached hydrogens (tertiary/aromatic N) is 2. The van der Waals surface area contributed by atoms with E-state index in [1.54, 1.807) is 29.5 Å². The Balaban J connectivity index is 1.31. The Morgan fingerprint density at radius 1 is 1.06 bits per heavy atom. The number of carboxylic acids is 1. The van der Waals surface area contributed by atoms with Gasteiger partial charge in [-0.25, -0.2) is 4.98 Å². The van der Waals surface area contributed by atoms with E-state index in [0.29, 0.717) is 18.7 Å². The first-order chi connectivity index (χ1) is 17.0. The van der Waals surface area contributed by atoms with E-state index in [2.05, 4.69) is 41.5 Å². The van der Waals surface area contributed by atoms with Crippen molar-refractivity contribution < 1.29 is 14.6 Å². The highest BCUT2D eigenvalue weighted by Crippen LogP contribution is 2.35.